The highest BCUT2D eigenvalue weighted by molar-refractivity contribution is 14.1. The molecule has 0 spiro atoms. The lowest BCUT2D eigenvalue weighted by Gasteiger charge is -2.11. The molecule has 1 atom stereocenters. The standard InChI is InChI=1S/C11H14INO/c12-10-3-1-2-4-11(10)14-8-9-5-6-13-7-9/h1-4,9,13H,5-8H2/t9-/m0/s1. The van der Waals surface area contributed by atoms with Gasteiger partial charge in [0.25, 0.3) is 0 Å². The van der Waals surface area contributed by atoms with Crippen LogP contribution < -0.4 is 10.1 Å². The zero-order chi connectivity index (χ0) is 9.80. The fraction of sp³-hybridized carbons (Fsp3) is 0.455. The summed E-state index contributed by atoms with van der Waals surface area (Å²) >= 11 is 2.31. The molecule has 0 amide bonds. The molecule has 1 aliphatic heterocycles. The van der Waals surface area contributed by atoms with Crippen LogP contribution in [0.1, 0.15) is 6.42 Å². The van der Waals surface area contributed by atoms with E-state index in [-0.39, 0.29) is 0 Å². The van der Waals surface area contributed by atoms with Crippen molar-refractivity contribution in [3.63, 3.8) is 0 Å². The number of hydrogen-bond acceptors (Lipinski definition) is 2. The van der Waals surface area contributed by atoms with Crippen LogP contribution in [0.3, 0.4) is 0 Å². The summed E-state index contributed by atoms with van der Waals surface area (Å²) in [5.41, 5.74) is 0. The van der Waals surface area contributed by atoms with Crippen molar-refractivity contribution in [2.75, 3.05) is 19.7 Å². The zero-order valence-corrected chi connectivity index (χ0v) is 10.2. The molecule has 0 radical (unpaired) electrons. The Kier molecular flexibility index (Phi) is 3.64. The SMILES string of the molecule is Ic1ccccc1OC[C@H]1CCNC1. The maximum Gasteiger partial charge on any atom is 0.132 e. The second kappa shape index (κ2) is 4.98. The minimum atomic E-state index is 0.686. The van der Waals surface area contributed by atoms with E-state index in [0.717, 1.165) is 25.4 Å². The van der Waals surface area contributed by atoms with Gasteiger partial charge in [0.15, 0.2) is 0 Å². The van der Waals surface area contributed by atoms with Gasteiger partial charge in [-0.25, -0.2) is 0 Å². The van der Waals surface area contributed by atoms with Crippen LogP contribution >= 0.6 is 22.6 Å². The summed E-state index contributed by atoms with van der Waals surface area (Å²) < 4.78 is 6.96. The average Bonchev–Trinajstić information content (AvgIpc) is 2.69. The molecule has 1 aromatic carbocycles. The second-order valence-electron chi connectivity index (χ2n) is 3.60. The summed E-state index contributed by atoms with van der Waals surface area (Å²) in [6, 6.07) is 8.16. The van der Waals surface area contributed by atoms with Crippen molar-refractivity contribution in [1.29, 1.82) is 0 Å². The summed E-state index contributed by atoms with van der Waals surface area (Å²) in [6.07, 6.45) is 1.24. The number of rotatable bonds is 3. The topological polar surface area (TPSA) is 21.3 Å². The molecular formula is C11H14INO. The van der Waals surface area contributed by atoms with Crippen molar-refractivity contribution in [2.45, 2.75) is 6.42 Å². The van der Waals surface area contributed by atoms with Crippen molar-refractivity contribution >= 4 is 22.6 Å². The number of benzene rings is 1. The van der Waals surface area contributed by atoms with Crippen molar-refractivity contribution in [1.82, 2.24) is 5.32 Å². The van der Waals surface area contributed by atoms with Gasteiger partial charge >= 0.3 is 0 Å². The van der Waals surface area contributed by atoms with Gasteiger partial charge in [0.1, 0.15) is 5.75 Å². The molecule has 1 aromatic rings. The Balaban J connectivity index is 1.88. The molecule has 14 heavy (non-hydrogen) atoms. The van der Waals surface area contributed by atoms with Gasteiger partial charge in [-0.3, -0.25) is 0 Å². The summed E-state index contributed by atoms with van der Waals surface area (Å²) in [6.45, 7) is 3.08. The van der Waals surface area contributed by atoms with Gasteiger partial charge in [0.05, 0.1) is 10.2 Å². The van der Waals surface area contributed by atoms with Gasteiger partial charge < -0.3 is 10.1 Å². The van der Waals surface area contributed by atoms with E-state index in [2.05, 4.69) is 34.0 Å². The Morgan fingerprint density at radius 1 is 1.43 bits per heavy atom. The van der Waals surface area contributed by atoms with Gasteiger partial charge in [0, 0.05) is 12.5 Å². The maximum atomic E-state index is 5.77. The second-order valence-corrected chi connectivity index (χ2v) is 4.76. The zero-order valence-electron chi connectivity index (χ0n) is 8.00. The summed E-state index contributed by atoms with van der Waals surface area (Å²) in [5, 5.41) is 3.34. The third kappa shape index (κ3) is 2.60. The molecule has 1 heterocycles. The van der Waals surface area contributed by atoms with Crippen molar-refractivity contribution in [3.8, 4) is 5.75 Å². The quantitative estimate of drug-likeness (QED) is 0.865. The molecule has 2 nitrogen and oxygen atoms in total. The highest BCUT2D eigenvalue weighted by Gasteiger charge is 2.15. The minimum absolute atomic E-state index is 0.686. The molecule has 0 bridgehead atoms. The van der Waals surface area contributed by atoms with Crippen LogP contribution in [0.15, 0.2) is 24.3 Å². The predicted octanol–water partition coefficient (Wildman–Crippen LogP) is 2.28. The van der Waals surface area contributed by atoms with Crippen molar-refractivity contribution < 1.29 is 4.74 Å². The number of nitrogens with one attached hydrogen (secondary N) is 1. The number of halogens is 1. The highest BCUT2D eigenvalue weighted by Crippen LogP contribution is 2.21. The lowest BCUT2D eigenvalue weighted by Crippen LogP contribution is -2.15. The van der Waals surface area contributed by atoms with Gasteiger partial charge in [-0.1, -0.05) is 12.1 Å². The monoisotopic (exact) mass is 303 g/mol. The minimum Gasteiger partial charge on any atom is -0.492 e. The fourth-order valence-corrected chi connectivity index (χ4v) is 2.17. The molecular weight excluding hydrogens is 289 g/mol. The molecule has 0 saturated carbocycles. The predicted molar refractivity (Wildman–Crippen MR) is 65.6 cm³/mol. The summed E-state index contributed by atoms with van der Waals surface area (Å²) in [7, 11) is 0. The largest absolute Gasteiger partial charge is 0.492 e. The van der Waals surface area contributed by atoms with Gasteiger partial charge in [-0.05, 0) is 47.7 Å². The molecule has 0 aromatic heterocycles. The van der Waals surface area contributed by atoms with E-state index in [0.29, 0.717) is 5.92 Å². The van der Waals surface area contributed by atoms with Gasteiger partial charge in [-0.15, -0.1) is 0 Å². The molecule has 1 N–H and O–H groups in total. The summed E-state index contributed by atoms with van der Waals surface area (Å²) in [5.74, 6) is 1.70. The van der Waals surface area contributed by atoms with E-state index in [1.54, 1.807) is 0 Å². The molecule has 1 aliphatic rings. The van der Waals surface area contributed by atoms with Gasteiger partial charge in [-0.2, -0.15) is 0 Å². The number of ether oxygens (including phenoxy) is 1. The Bertz CT molecular complexity index is 297. The van der Waals surface area contributed by atoms with E-state index in [4.69, 9.17) is 4.74 Å². The maximum absolute atomic E-state index is 5.77. The van der Waals surface area contributed by atoms with E-state index >= 15 is 0 Å². The first kappa shape index (κ1) is 10.2. The molecule has 0 aliphatic carbocycles. The van der Waals surface area contributed by atoms with Crippen molar-refractivity contribution in [3.05, 3.63) is 27.8 Å². The average molecular weight is 303 g/mol. The molecule has 3 heteroatoms. The Hall–Kier alpha value is -0.290. The Morgan fingerprint density at radius 3 is 3.00 bits per heavy atom. The Labute approximate surface area is 98.2 Å². The van der Waals surface area contributed by atoms with Crippen LogP contribution in [0.2, 0.25) is 0 Å². The first-order chi connectivity index (χ1) is 6.86. The van der Waals surface area contributed by atoms with Crippen LogP contribution in [0, 0.1) is 9.49 Å². The highest BCUT2D eigenvalue weighted by atomic mass is 127. The first-order valence-electron chi connectivity index (χ1n) is 4.94. The normalized spacial score (nSPS) is 21.1. The molecule has 0 unspecified atom stereocenters. The smallest absolute Gasteiger partial charge is 0.132 e. The van der Waals surface area contributed by atoms with Crippen LogP contribution in [0.25, 0.3) is 0 Å². The first-order valence-corrected chi connectivity index (χ1v) is 6.02. The van der Waals surface area contributed by atoms with Crippen molar-refractivity contribution in [2.24, 2.45) is 5.92 Å². The van der Waals surface area contributed by atoms with Crippen LogP contribution in [-0.2, 0) is 0 Å². The lowest BCUT2D eigenvalue weighted by atomic mass is 10.1. The van der Waals surface area contributed by atoms with E-state index < -0.39 is 0 Å². The molecule has 76 valence electrons. The van der Waals surface area contributed by atoms with Crippen LogP contribution in [0.5, 0.6) is 5.75 Å². The number of hydrogen-bond donors (Lipinski definition) is 1. The molecule has 1 saturated heterocycles. The lowest BCUT2D eigenvalue weighted by molar-refractivity contribution is 0.258. The van der Waals surface area contributed by atoms with Crippen LogP contribution in [0.4, 0.5) is 0 Å². The molecule has 2 rings (SSSR count). The van der Waals surface area contributed by atoms with Crippen LogP contribution in [-0.4, -0.2) is 19.7 Å². The fourth-order valence-electron chi connectivity index (χ4n) is 1.63. The van der Waals surface area contributed by atoms with E-state index in [1.165, 1.54) is 9.99 Å². The van der Waals surface area contributed by atoms with E-state index in [9.17, 15) is 0 Å². The Morgan fingerprint density at radius 2 is 2.29 bits per heavy atom. The molecule has 1 fully saturated rings. The van der Waals surface area contributed by atoms with Gasteiger partial charge in [0.2, 0.25) is 0 Å². The van der Waals surface area contributed by atoms with E-state index in [1.807, 2.05) is 18.2 Å². The number of para-hydroxylation sites is 1. The summed E-state index contributed by atoms with van der Waals surface area (Å²) in [4.78, 5) is 0. The third-order valence-corrected chi connectivity index (χ3v) is 3.36. The third-order valence-electron chi connectivity index (χ3n) is 2.47.